The average molecular weight is 473 g/mol. The highest BCUT2D eigenvalue weighted by atomic mass is 16.7. The number of ether oxygens (including phenoxy) is 2. The highest BCUT2D eigenvalue weighted by molar-refractivity contribution is 6.00. The first-order chi connectivity index (χ1) is 17.0. The van der Waals surface area contributed by atoms with E-state index in [2.05, 4.69) is 16.5 Å². The van der Waals surface area contributed by atoms with E-state index in [0.717, 1.165) is 5.69 Å². The fourth-order valence-corrected chi connectivity index (χ4v) is 4.34. The molecule has 2 aliphatic heterocycles. The van der Waals surface area contributed by atoms with Crippen molar-refractivity contribution in [1.29, 1.82) is 5.26 Å². The third-order valence-electron chi connectivity index (χ3n) is 6.16. The fraction of sp³-hybridized carbons (Fsp3) is 0.280. The van der Waals surface area contributed by atoms with Crippen molar-refractivity contribution >= 4 is 23.3 Å². The second-order valence-electron chi connectivity index (χ2n) is 8.40. The molecule has 3 aromatic rings. The molecule has 1 unspecified atom stereocenters. The highest BCUT2D eigenvalue weighted by Gasteiger charge is 2.35. The van der Waals surface area contributed by atoms with E-state index >= 15 is 0 Å². The molecule has 1 fully saturated rings. The number of benzene rings is 2. The Morgan fingerprint density at radius 2 is 1.97 bits per heavy atom. The van der Waals surface area contributed by atoms with Gasteiger partial charge in [0.05, 0.1) is 17.3 Å². The molecule has 10 nitrogen and oxygen atoms in total. The lowest BCUT2D eigenvalue weighted by Crippen LogP contribution is -2.33. The summed E-state index contributed by atoms with van der Waals surface area (Å²) in [7, 11) is 0. The number of hydrogen-bond acceptors (Lipinski definition) is 7. The van der Waals surface area contributed by atoms with E-state index in [1.165, 1.54) is 0 Å². The van der Waals surface area contributed by atoms with Crippen molar-refractivity contribution in [1.82, 2.24) is 15.1 Å². The van der Waals surface area contributed by atoms with E-state index in [-0.39, 0.29) is 25.0 Å². The zero-order valence-electron chi connectivity index (χ0n) is 18.9. The number of carbonyl (C=O) groups is 2. The zero-order chi connectivity index (χ0) is 24.4. The number of nitrogens with two attached hydrogens (primary N) is 1. The largest absolute Gasteiger partial charge is 0.454 e. The molecule has 10 heteroatoms. The van der Waals surface area contributed by atoms with Gasteiger partial charge in [0.2, 0.25) is 18.6 Å². The molecule has 1 atom stereocenters. The van der Waals surface area contributed by atoms with Crippen molar-refractivity contribution in [2.24, 2.45) is 5.92 Å². The van der Waals surface area contributed by atoms with E-state index in [1.54, 1.807) is 27.8 Å². The second kappa shape index (κ2) is 9.38. The minimum atomic E-state index is -0.435. The predicted molar refractivity (Wildman–Crippen MR) is 127 cm³/mol. The Labute approximate surface area is 201 Å². The number of nitrogens with one attached hydrogen (secondary N) is 1. The van der Waals surface area contributed by atoms with Gasteiger partial charge in [-0.05, 0) is 37.1 Å². The van der Waals surface area contributed by atoms with E-state index < -0.39 is 5.92 Å². The summed E-state index contributed by atoms with van der Waals surface area (Å²) >= 11 is 0. The van der Waals surface area contributed by atoms with Crippen LogP contribution in [0, 0.1) is 17.2 Å². The summed E-state index contributed by atoms with van der Waals surface area (Å²) < 4.78 is 12.3. The van der Waals surface area contributed by atoms with Gasteiger partial charge < -0.3 is 25.4 Å². The Kier molecular flexibility index (Phi) is 5.97. The first kappa shape index (κ1) is 22.3. The van der Waals surface area contributed by atoms with Crippen LogP contribution in [-0.4, -0.2) is 41.5 Å². The summed E-state index contributed by atoms with van der Waals surface area (Å²) in [5.41, 5.74) is 8.54. The van der Waals surface area contributed by atoms with E-state index in [4.69, 9.17) is 15.2 Å². The Bertz CT molecular complexity index is 1310. The van der Waals surface area contributed by atoms with Crippen LogP contribution in [0.2, 0.25) is 0 Å². The number of nitrogen functional groups attached to an aromatic ring is 1. The molecule has 0 radical (unpaired) electrons. The molecule has 35 heavy (non-hydrogen) atoms. The van der Waals surface area contributed by atoms with Crippen molar-refractivity contribution in [3.63, 3.8) is 0 Å². The quantitative estimate of drug-likeness (QED) is 0.503. The number of para-hydroxylation sites is 1. The van der Waals surface area contributed by atoms with Gasteiger partial charge >= 0.3 is 0 Å². The number of rotatable bonds is 7. The van der Waals surface area contributed by atoms with Crippen LogP contribution in [0.15, 0.2) is 48.5 Å². The SMILES string of the molecule is N#Cc1c(CCCNC(=O)C2CC(=O)N(c3ccc4c(c3)OCO4)C2)nn(-c2ccccc2)c1N. The van der Waals surface area contributed by atoms with Gasteiger partial charge in [-0.1, -0.05) is 18.2 Å². The molecule has 2 aliphatic rings. The Hall–Kier alpha value is -4.52. The van der Waals surface area contributed by atoms with Gasteiger partial charge in [0.15, 0.2) is 11.5 Å². The van der Waals surface area contributed by atoms with E-state index in [9.17, 15) is 14.9 Å². The van der Waals surface area contributed by atoms with Crippen molar-refractivity contribution in [3.05, 3.63) is 59.8 Å². The van der Waals surface area contributed by atoms with Gasteiger partial charge in [0.25, 0.3) is 0 Å². The number of nitriles is 1. The van der Waals surface area contributed by atoms with Crippen LogP contribution in [0.3, 0.4) is 0 Å². The molecule has 3 N–H and O–H groups in total. The topological polar surface area (TPSA) is 136 Å². The number of amides is 2. The molecule has 2 amide bonds. The third-order valence-corrected chi connectivity index (χ3v) is 6.16. The summed E-state index contributed by atoms with van der Waals surface area (Å²) in [4.78, 5) is 26.9. The fourth-order valence-electron chi connectivity index (χ4n) is 4.34. The van der Waals surface area contributed by atoms with Gasteiger partial charge in [-0.3, -0.25) is 9.59 Å². The van der Waals surface area contributed by atoms with Gasteiger partial charge in [0.1, 0.15) is 17.5 Å². The molecule has 178 valence electrons. The maximum absolute atomic E-state index is 12.7. The molecule has 0 bridgehead atoms. The van der Waals surface area contributed by atoms with Crippen LogP contribution in [0.1, 0.15) is 24.1 Å². The third kappa shape index (κ3) is 4.36. The summed E-state index contributed by atoms with van der Waals surface area (Å²) in [6.07, 6.45) is 1.22. The monoisotopic (exact) mass is 472 g/mol. The minimum absolute atomic E-state index is 0.107. The Balaban J connectivity index is 1.16. The molecular weight excluding hydrogens is 448 g/mol. The lowest BCUT2D eigenvalue weighted by Gasteiger charge is -2.17. The first-order valence-corrected chi connectivity index (χ1v) is 11.4. The van der Waals surface area contributed by atoms with Crippen LogP contribution in [0.5, 0.6) is 11.5 Å². The zero-order valence-corrected chi connectivity index (χ0v) is 18.9. The number of aryl methyl sites for hydroxylation is 1. The van der Waals surface area contributed by atoms with Crippen LogP contribution in [0.4, 0.5) is 11.5 Å². The molecule has 3 heterocycles. The molecule has 1 saturated heterocycles. The van der Waals surface area contributed by atoms with Gasteiger partial charge in [-0.15, -0.1) is 0 Å². The van der Waals surface area contributed by atoms with E-state index in [0.29, 0.717) is 60.2 Å². The lowest BCUT2D eigenvalue weighted by molar-refractivity contribution is -0.126. The Morgan fingerprint density at radius 1 is 1.17 bits per heavy atom. The predicted octanol–water partition coefficient (Wildman–Crippen LogP) is 2.16. The van der Waals surface area contributed by atoms with Crippen molar-refractivity contribution in [2.75, 3.05) is 30.5 Å². The Morgan fingerprint density at radius 3 is 2.77 bits per heavy atom. The molecule has 0 saturated carbocycles. The van der Waals surface area contributed by atoms with E-state index in [1.807, 2.05) is 30.3 Å². The molecular formula is C25H24N6O4. The van der Waals surface area contributed by atoms with Gasteiger partial charge in [0, 0.05) is 31.3 Å². The number of nitrogens with zero attached hydrogens (tertiary/aromatic N) is 4. The molecule has 5 rings (SSSR count). The standard InChI is InChI=1S/C25H24N6O4/c26-13-19-20(29-31(24(19)27)17-5-2-1-3-6-17)7-4-10-28-25(33)16-11-23(32)30(14-16)18-8-9-21-22(12-18)35-15-34-21/h1-3,5-6,8-9,12,16H,4,7,10-11,14-15,27H2,(H,28,33). The van der Waals surface area contributed by atoms with Crippen LogP contribution < -0.4 is 25.4 Å². The van der Waals surface area contributed by atoms with Crippen LogP contribution >= 0.6 is 0 Å². The highest BCUT2D eigenvalue weighted by Crippen LogP contribution is 2.37. The summed E-state index contributed by atoms with van der Waals surface area (Å²) in [5.74, 6) is 0.822. The molecule has 0 spiro atoms. The second-order valence-corrected chi connectivity index (χ2v) is 8.40. The number of fused-ring (bicyclic) bond motifs is 1. The number of aromatic nitrogens is 2. The summed E-state index contributed by atoms with van der Waals surface area (Å²) in [6, 6.07) is 16.8. The van der Waals surface area contributed by atoms with Crippen molar-refractivity contribution in [2.45, 2.75) is 19.3 Å². The number of anilines is 2. The smallest absolute Gasteiger partial charge is 0.231 e. The maximum Gasteiger partial charge on any atom is 0.231 e. The average Bonchev–Trinajstić information content (AvgIpc) is 3.58. The van der Waals surface area contributed by atoms with Crippen molar-refractivity contribution < 1.29 is 19.1 Å². The number of hydrogen-bond donors (Lipinski definition) is 2. The van der Waals surface area contributed by atoms with Crippen molar-refractivity contribution in [3.8, 4) is 23.3 Å². The van der Waals surface area contributed by atoms with Gasteiger partial charge in [-0.25, -0.2) is 4.68 Å². The maximum atomic E-state index is 12.7. The minimum Gasteiger partial charge on any atom is -0.454 e. The van der Waals surface area contributed by atoms with Crippen LogP contribution in [-0.2, 0) is 16.0 Å². The van der Waals surface area contributed by atoms with Crippen LogP contribution in [0.25, 0.3) is 5.69 Å². The summed E-state index contributed by atoms with van der Waals surface area (Å²) in [5, 5.41) is 17.0. The summed E-state index contributed by atoms with van der Waals surface area (Å²) in [6.45, 7) is 0.865. The molecule has 1 aromatic heterocycles. The molecule has 0 aliphatic carbocycles. The number of carbonyl (C=O) groups excluding carboxylic acids is 2. The normalized spacial score (nSPS) is 16.4. The lowest BCUT2D eigenvalue weighted by atomic mass is 10.1. The van der Waals surface area contributed by atoms with Gasteiger partial charge in [-0.2, -0.15) is 10.4 Å². The molecule has 2 aromatic carbocycles. The first-order valence-electron chi connectivity index (χ1n) is 11.4.